The number of rotatable bonds is 36. The number of carboxylic acids is 1. The summed E-state index contributed by atoms with van der Waals surface area (Å²) >= 11 is 0. The lowest BCUT2D eigenvalue weighted by molar-refractivity contribution is -0.146. The molecule has 0 bridgehead atoms. The van der Waals surface area contributed by atoms with E-state index in [0.717, 1.165) is 51.4 Å². The second-order valence-corrected chi connectivity index (χ2v) is 14.5. The first-order valence-corrected chi connectivity index (χ1v) is 20.6. The summed E-state index contributed by atoms with van der Waals surface area (Å²) in [6.07, 6.45) is 40.8. The number of nitrogens with one attached hydrogen (secondary N) is 2. The van der Waals surface area contributed by atoms with Gasteiger partial charge in [-0.25, -0.2) is 0 Å². The van der Waals surface area contributed by atoms with E-state index < -0.39 is 17.4 Å². The standard InChI is InChI=1S/C41H80N4O3/c1-3-5-7-9-11-13-15-17-19-21-23-25-27-29-31-33-37(41(44,40(47)48)35-34-38(43)45-39(46)36-42)32-30-28-26-24-22-20-18-16-14-12-10-8-6-4-2/h17,19,37H,3-16,18,20-36,42,44H2,1-2H3,(H,47,48)(H2,43,45,46)/b19-17-. The number of hydrogen-bond acceptors (Lipinski definition) is 5. The van der Waals surface area contributed by atoms with Gasteiger partial charge in [-0.15, -0.1) is 0 Å². The highest BCUT2D eigenvalue weighted by Crippen LogP contribution is 2.31. The van der Waals surface area contributed by atoms with Gasteiger partial charge in [-0.05, 0) is 50.9 Å². The van der Waals surface area contributed by atoms with E-state index in [0.29, 0.717) is 0 Å². The molecule has 0 radical (unpaired) electrons. The molecule has 0 aromatic rings. The van der Waals surface area contributed by atoms with Crippen LogP contribution in [-0.2, 0) is 9.59 Å². The predicted molar refractivity (Wildman–Crippen MR) is 207 cm³/mol. The first-order valence-electron chi connectivity index (χ1n) is 20.6. The van der Waals surface area contributed by atoms with Crippen LogP contribution in [0.15, 0.2) is 12.2 Å². The lowest BCUT2D eigenvalue weighted by Crippen LogP contribution is -2.55. The van der Waals surface area contributed by atoms with E-state index in [4.69, 9.17) is 16.9 Å². The summed E-state index contributed by atoms with van der Waals surface area (Å²) < 4.78 is 0. The molecule has 282 valence electrons. The Morgan fingerprint density at radius 2 is 1.00 bits per heavy atom. The van der Waals surface area contributed by atoms with Crippen molar-refractivity contribution in [2.75, 3.05) is 6.54 Å². The number of unbranched alkanes of at least 4 members (excludes halogenated alkanes) is 24. The fraction of sp³-hybridized carbons (Fsp3) is 0.878. The maximum absolute atomic E-state index is 12.6. The van der Waals surface area contributed by atoms with Gasteiger partial charge in [0.15, 0.2) is 0 Å². The van der Waals surface area contributed by atoms with Crippen LogP contribution < -0.4 is 16.8 Å². The van der Waals surface area contributed by atoms with E-state index in [9.17, 15) is 14.7 Å². The van der Waals surface area contributed by atoms with Crippen molar-refractivity contribution in [3.8, 4) is 0 Å². The number of amides is 1. The Hall–Kier alpha value is -1.73. The molecule has 0 aliphatic rings. The zero-order valence-electron chi connectivity index (χ0n) is 31.8. The van der Waals surface area contributed by atoms with Gasteiger partial charge >= 0.3 is 5.97 Å². The van der Waals surface area contributed by atoms with E-state index in [-0.39, 0.29) is 31.1 Å². The first kappa shape index (κ1) is 46.3. The summed E-state index contributed by atoms with van der Waals surface area (Å²) in [5.74, 6) is -1.60. The highest BCUT2D eigenvalue weighted by molar-refractivity contribution is 5.97. The third-order valence-corrected chi connectivity index (χ3v) is 10.1. The fourth-order valence-electron chi connectivity index (χ4n) is 6.81. The van der Waals surface area contributed by atoms with Crippen LogP contribution in [0.25, 0.3) is 0 Å². The Morgan fingerprint density at radius 3 is 1.35 bits per heavy atom. The molecule has 7 nitrogen and oxygen atoms in total. The zero-order valence-corrected chi connectivity index (χ0v) is 31.8. The second kappa shape index (κ2) is 33.8. The van der Waals surface area contributed by atoms with E-state index in [1.807, 2.05) is 0 Å². The molecule has 0 saturated carbocycles. The summed E-state index contributed by atoms with van der Waals surface area (Å²) in [7, 11) is 0. The summed E-state index contributed by atoms with van der Waals surface area (Å²) in [5, 5.41) is 20.8. The molecule has 7 N–H and O–H groups in total. The Bertz CT molecular complexity index is 803. The van der Waals surface area contributed by atoms with Gasteiger partial charge in [0.2, 0.25) is 5.91 Å². The monoisotopic (exact) mass is 677 g/mol. The summed E-state index contributed by atoms with van der Waals surface area (Å²) in [6.45, 7) is 4.33. The van der Waals surface area contributed by atoms with Crippen LogP contribution >= 0.6 is 0 Å². The smallest absolute Gasteiger partial charge is 0.323 e. The maximum Gasteiger partial charge on any atom is 0.323 e. The van der Waals surface area contributed by atoms with Gasteiger partial charge in [0.05, 0.1) is 12.4 Å². The minimum atomic E-state index is -1.41. The molecule has 7 heteroatoms. The molecule has 0 heterocycles. The molecule has 2 unspecified atom stereocenters. The van der Waals surface area contributed by atoms with Gasteiger partial charge < -0.3 is 21.9 Å². The first-order chi connectivity index (χ1) is 23.3. The van der Waals surface area contributed by atoms with E-state index in [2.05, 4.69) is 31.3 Å². The molecule has 48 heavy (non-hydrogen) atoms. The molecule has 0 fully saturated rings. The minimum absolute atomic E-state index is 0.0159. The highest BCUT2D eigenvalue weighted by Gasteiger charge is 2.41. The quantitative estimate of drug-likeness (QED) is 0.0194. The molecule has 2 atom stereocenters. The summed E-state index contributed by atoms with van der Waals surface area (Å²) in [5.41, 5.74) is 10.6. The molecule has 1 amide bonds. The third-order valence-electron chi connectivity index (χ3n) is 10.1. The summed E-state index contributed by atoms with van der Waals surface area (Å²) in [4.78, 5) is 24.2. The number of carboxylic acid groups (broad SMARTS) is 1. The SMILES string of the molecule is CCCCCCCC/C=C\CCCCCCCC(CCCCCCCCCCCCCCCC)C(N)(CCC(=N)NC(=O)CN)C(=O)O. The number of carbonyl (C=O) groups excluding carboxylic acids is 1. The zero-order chi connectivity index (χ0) is 35.6. The number of carbonyl (C=O) groups is 2. The van der Waals surface area contributed by atoms with Gasteiger partial charge in [0.25, 0.3) is 0 Å². The topological polar surface area (TPSA) is 142 Å². The third kappa shape index (κ3) is 27.1. The van der Waals surface area contributed by atoms with Crippen LogP contribution in [0.4, 0.5) is 0 Å². The Labute approximate surface area is 297 Å². The molecule has 0 spiro atoms. The highest BCUT2D eigenvalue weighted by atomic mass is 16.4. The van der Waals surface area contributed by atoms with Crippen molar-refractivity contribution in [1.29, 1.82) is 5.41 Å². The number of aliphatic carboxylic acids is 1. The van der Waals surface area contributed by atoms with Crippen molar-refractivity contribution in [2.45, 2.75) is 218 Å². The van der Waals surface area contributed by atoms with Gasteiger partial charge in [-0.3, -0.25) is 15.0 Å². The average molecular weight is 677 g/mol. The molecule has 0 aliphatic heterocycles. The largest absolute Gasteiger partial charge is 0.480 e. The molecule has 0 aromatic carbocycles. The van der Waals surface area contributed by atoms with Crippen molar-refractivity contribution in [1.82, 2.24) is 5.32 Å². The van der Waals surface area contributed by atoms with Crippen LogP contribution in [0.1, 0.15) is 213 Å². The maximum atomic E-state index is 12.6. The second-order valence-electron chi connectivity index (χ2n) is 14.5. The molecule has 0 rings (SSSR count). The molecular weight excluding hydrogens is 596 g/mol. The lowest BCUT2D eigenvalue weighted by atomic mass is 9.75. The normalized spacial score (nSPS) is 13.5. The Balaban J connectivity index is 4.55. The van der Waals surface area contributed by atoms with Crippen LogP contribution in [-0.4, -0.2) is 34.9 Å². The van der Waals surface area contributed by atoms with Crippen molar-refractivity contribution in [3.05, 3.63) is 12.2 Å². The van der Waals surface area contributed by atoms with Crippen LogP contribution in [0.2, 0.25) is 0 Å². The van der Waals surface area contributed by atoms with Crippen LogP contribution in [0, 0.1) is 11.3 Å². The van der Waals surface area contributed by atoms with Gasteiger partial charge in [-0.1, -0.05) is 174 Å². The molecule has 0 aliphatic carbocycles. The average Bonchev–Trinajstić information content (AvgIpc) is 3.07. The number of hydrogen-bond donors (Lipinski definition) is 5. The van der Waals surface area contributed by atoms with Crippen LogP contribution in [0.3, 0.4) is 0 Å². The van der Waals surface area contributed by atoms with Crippen molar-refractivity contribution < 1.29 is 14.7 Å². The van der Waals surface area contributed by atoms with E-state index in [1.165, 1.54) is 135 Å². The van der Waals surface area contributed by atoms with Gasteiger partial charge in [0, 0.05) is 6.42 Å². The van der Waals surface area contributed by atoms with Crippen molar-refractivity contribution >= 4 is 17.7 Å². The van der Waals surface area contributed by atoms with Gasteiger partial charge in [-0.2, -0.15) is 0 Å². The Kier molecular flexibility index (Phi) is 32.5. The van der Waals surface area contributed by atoms with E-state index in [1.54, 1.807) is 0 Å². The summed E-state index contributed by atoms with van der Waals surface area (Å²) in [6, 6.07) is 0. The minimum Gasteiger partial charge on any atom is -0.480 e. The number of nitrogens with two attached hydrogens (primary N) is 2. The molecule has 0 saturated heterocycles. The lowest BCUT2D eigenvalue weighted by Gasteiger charge is -2.34. The van der Waals surface area contributed by atoms with Crippen LogP contribution in [0.5, 0.6) is 0 Å². The number of amidine groups is 1. The fourth-order valence-corrected chi connectivity index (χ4v) is 6.81. The van der Waals surface area contributed by atoms with Crippen molar-refractivity contribution in [2.24, 2.45) is 17.4 Å². The Morgan fingerprint density at radius 1 is 0.646 bits per heavy atom. The molecular formula is C41H80N4O3. The van der Waals surface area contributed by atoms with Gasteiger partial charge in [0.1, 0.15) is 5.54 Å². The predicted octanol–water partition coefficient (Wildman–Crippen LogP) is 11.1. The number of allylic oxidation sites excluding steroid dienone is 2. The van der Waals surface area contributed by atoms with Crippen molar-refractivity contribution in [3.63, 3.8) is 0 Å². The molecule has 0 aromatic heterocycles. The van der Waals surface area contributed by atoms with E-state index >= 15 is 0 Å².